The van der Waals surface area contributed by atoms with Crippen LogP contribution in [0.2, 0.25) is 0 Å². The predicted molar refractivity (Wildman–Crippen MR) is 91.7 cm³/mol. The molecule has 0 radical (unpaired) electrons. The van der Waals surface area contributed by atoms with Gasteiger partial charge in [-0.3, -0.25) is 4.79 Å². The topological polar surface area (TPSA) is 49.9 Å². The van der Waals surface area contributed by atoms with Crippen LogP contribution in [0.4, 0.5) is 5.69 Å². The molecule has 1 heterocycles. The van der Waals surface area contributed by atoms with Gasteiger partial charge < -0.3 is 14.5 Å². The van der Waals surface area contributed by atoms with Crippen LogP contribution in [0.25, 0.3) is 0 Å². The highest BCUT2D eigenvalue weighted by atomic mass is 16.5. The average Bonchev–Trinajstić information content (AvgIpc) is 3.10. The van der Waals surface area contributed by atoms with E-state index in [2.05, 4.69) is 0 Å². The van der Waals surface area contributed by atoms with Crippen LogP contribution in [0.1, 0.15) is 20.7 Å². The Labute approximate surface area is 140 Å². The zero-order valence-corrected chi connectivity index (χ0v) is 13.4. The van der Waals surface area contributed by atoms with Crippen molar-refractivity contribution in [2.75, 3.05) is 25.2 Å². The predicted octanol–water partition coefficient (Wildman–Crippen LogP) is 2.91. The summed E-state index contributed by atoms with van der Waals surface area (Å²) in [6.07, 6.45) is 3.82. The van der Waals surface area contributed by atoms with Gasteiger partial charge >= 0.3 is 5.97 Å². The summed E-state index contributed by atoms with van der Waals surface area (Å²) in [7, 11) is 1.36. The number of methoxy groups -OCH3 is 1. The van der Waals surface area contributed by atoms with E-state index in [-0.39, 0.29) is 11.8 Å². The molecule has 1 aliphatic heterocycles. The molecule has 5 heteroatoms. The molecule has 0 aliphatic carbocycles. The fourth-order valence-corrected chi connectivity index (χ4v) is 2.54. The van der Waals surface area contributed by atoms with Crippen molar-refractivity contribution >= 4 is 17.4 Å². The third kappa shape index (κ3) is 3.46. The van der Waals surface area contributed by atoms with Crippen LogP contribution < -0.4 is 4.90 Å². The number of carbonyl (C=O) groups is 2. The van der Waals surface area contributed by atoms with Gasteiger partial charge in [0.2, 0.25) is 0 Å². The van der Waals surface area contributed by atoms with Crippen molar-refractivity contribution in [3.63, 3.8) is 0 Å². The Bertz CT molecular complexity index is 754. The molecule has 122 valence electrons. The number of hydrogen-bond donors (Lipinski definition) is 0. The minimum absolute atomic E-state index is 0.0862. The summed E-state index contributed by atoms with van der Waals surface area (Å²) in [4.78, 5) is 27.7. The number of hydrogen-bond acceptors (Lipinski definition) is 5. The second-order valence-corrected chi connectivity index (χ2v) is 5.48. The van der Waals surface area contributed by atoms with Gasteiger partial charge in [-0.1, -0.05) is 30.3 Å². The average molecular weight is 322 g/mol. The van der Waals surface area contributed by atoms with Gasteiger partial charge in [-0.05, 0) is 24.3 Å². The lowest BCUT2D eigenvalue weighted by molar-refractivity contribution is 0.0600. The van der Waals surface area contributed by atoms with Crippen molar-refractivity contribution in [3.05, 3.63) is 78.1 Å². The summed E-state index contributed by atoms with van der Waals surface area (Å²) in [6.45, 7) is 0.924. The highest BCUT2D eigenvalue weighted by Crippen LogP contribution is 2.20. The fourth-order valence-electron chi connectivity index (χ4n) is 2.54. The zero-order chi connectivity index (χ0) is 16.9. The number of rotatable bonds is 5. The van der Waals surface area contributed by atoms with Gasteiger partial charge in [0.15, 0.2) is 5.78 Å². The van der Waals surface area contributed by atoms with E-state index in [4.69, 9.17) is 4.74 Å². The van der Waals surface area contributed by atoms with Crippen LogP contribution in [-0.4, -0.2) is 37.0 Å². The standard InChI is InChI=1S/C19H18N2O3/c1-24-19(23)16-7-9-17(10-8-16)21-12-11-20(14-21)13-18(22)15-5-3-2-4-6-15/h2-12H,13-14H2,1H3. The molecule has 0 amide bonds. The molecule has 3 rings (SSSR count). The Morgan fingerprint density at radius 2 is 1.67 bits per heavy atom. The van der Waals surface area contributed by atoms with Crippen molar-refractivity contribution in [1.29, 1.82) is 0 Å². The molecule has 0 bridgehead atoms. The van der Waals surface area contributed by atoms with Crippen LogP contribution >= 0.6 is 0 Å². The lowest BCUT2D eigenvalue weighted by Gasteiger charge is -2.21. The summed E-state index contributed by atoms with van der Waals surface area (Å²) in [5.74, 6) is -0.267. The first kappa shape index (κ1) is 15.8. The van der Waals surface area contributed by atoms with Gasteiger partial charge in [0.1, 0.15) is 0 Å². The SMILES string of the molecule is COC(=O)c1ccc(N2C=CN(CC(=O)c3ccccc3)C2)cc1. The van der Waals surface area contributed by atoms with E-state index >= 15 is 0 Å². The molecule has 5 nitrogen and oxygen atoms in total. The van der Waals surface area contributed by atoms with Crippen molar-refractivity contribution < 1.29 is 14.3 Å². The van der Waals surface area contributed by atoms with Gasteiger partial charge in [0.25, 0.3) is 0 Å². The maximum Gasteiger partial charge on any atom is 0.337 e. The summed E-state index contributed by atoms with van der Waals surface area (Å²) in [5, 5.41) is 0. The van der Waals surface area contributed by atoms with E-state index in [9.17, 15) is 9.59 Å². The maximum atomic E-state index is 12.3. The molecule has 0 saturated carbocycles. The number of benzene rings is 2. The molecular formula is C19H18N2O3. The molecule has 0 saturated heterocycles. The number of nitrogens with zero attached hydrogens (tertiary/aromatic N) is 2. The summed E-state index contributed by atoms with van der Waals surface area (Å²) < 4.78 is 4.69. The van der Waals surface area contributed by atoms with Gasteiger partial charge in [0.05, 0.1) is 25.9 Å². The molecule has 0 spiro atoms. The number of carbonyl (C=O) groups excluding carboxylic acids is 2. The van der Waals surface area contributed by atoms with Gasteiger partial charge in [-0.15, -0.1) is 0 Å². The van der Waals surface area contributed by atoms with Crippen molar-refractivity contribution in [2.45, 2.75) is 0 Å². The third-order valence-electron chi connectivity index (χ3n) is 3.85. The van der Waals surface area contributed by atoms with Gasteiger partial charge in [-0.25, -0.2) is 4.79 Å². The van der Waals surface area contributed by atoms with Gasteiger partial charge in [0, 0.05) is 23.7 Å². The highest BCUT2D eigenvalue weighted by molar-refractivity contribution is 5.97. The van der Waals surface area contributed by atoms with E-state index in [1.54, 1.807) is 12.1 Å². The molecule has 24 heavy (non-hydrogen) atoms. The van der Waals surface area contributed by atoms with E-state index in [1.807, 2.05) is 64.7 Å². The minimum Gasteiger partial charge on any atom is -0.465 e. The van der Waals surface area contributed by atoms with Crippen LogP contribution in [0.3, 0.4) is 0 Å². The largest absolute Gasteiger partial charge is 0.465 e. The first-order valence-electron chi connectivity index (χ1n) is 7.63. The fraction of sp³-hybridized carbons (Fsp3) is 0.158. The Balaban J connectivity index is 1.60. The molecule has 0 aromatic heterocycles. The van der Waals surface area contributed by atoms with Gasteiger partial charge in [-0.2, -0.15) is 0 Å². The van der Waals surface area contributed by atoms with E-state index in [0.717, 1.165) is 5.69 Å². The molecule has 1 aliphatic rings. The van der Waals surface area contributed by atoms with Crippen LogP contribution in [0.15, 0.2) is 67.0 Å². The molecule has 0 N–H and O–H groups in total. The monoisotopic (exact) mass is 322 g/mol. The number of ether oxygens (including phenoxy) is 1. The molecule has 0 unspecified atom stereocenters. The first-order chi connectivity index (χ1) is 11.7. The maximum absolute atomic E-state index is 12.3. The quantitative estimate of drug-likeness (QED) is 0.626. The Hall–Kier alpha value is -3.08. The van der Waals surface area contributed by atoms with Crippen molar-refractivity contribution in [2.24, 2.45) is 0 Å². The zero-order valence-electron chi connectivity index (χ0n) is 13.4. The second-order valence-electron chi connectivity index (χ2n) is 5.48. The molecule has 0 atom stereocenters. The third-order valence-corrected chi connectivity index (χ3v) is 3.85. The summed E-state index contributed by atoms with van der Waals surface area (Å²) in [6, 6.07) is 16.4. The Morgan fingerprint density at radius 3 is 2.33 bits per heavy atom. The smallest absolute Gasteiger partial charge is 0.337 e. The van der Waals surface area contributed by atoms with E-state index < -0.39 is 0 Å². The van der Waals surface area contributed by atoms with E-state index in [0.29, 0.717) is 24.3 Å². The van der Waals surface area contributed by atoms with Crippen LogP contribution in [0, 0.1) is 0 Å². The van der Waals surface area contributed by atoms with Crippen LogP contribution in [0.5, 0.6) is 0 Å². The molecule has 2 aromatic carbocycles. The van der Waals surface area contributed by atoms with Crippen LogP contribution in [-0.2, 0) is 4.74 Å². The molecule has 2 aromatic rings. The number of anilines is 1. The van der Waals surface area contributed by atoms with Crippen molar-refractivity contribution in [3.8, 4) is 0 Å². The second kappa shape index (κ2) is 7.00. The van der Waals surface area contributed by atoms with Crippen molar-refractivity contribution in [1.82, 2.24) is 4.90 Å². The number of Topliss-reactive ketones (excluding diaryl/α,β-unsaturated/α-hetero) is 1. The first-order valence-corrected chi connectivity index (χ1v) is 7.63. The van der Waals surface area contributed by atoms with E-state index in [1.165, 1.54) is 7.11 Å². The normalized spacial score (nSPS) is 13.2. The lowest BCUT2D eigenvalue weighted by Crippen LogP contribution is -2.29. The summed E-state index contributed by atoms with van der Waals surface area (Å²) >= 11 is 0. The molecular weight excluding hydrogens is 304 g/mol. The summed E-state index contributed by atoms with van der Waals surface area (Å²) in [5.41, 5.74) is 2.18. The minimum atomic E-state index is -0.353. The lowest BCUT2D eigenvalue weighted by atomic mass is 10.1. The number of esters is 1. The number of ketones is 1. The molecule has 0 fully saturated rings. The Kier molecular flexibility index (Phi) is 4.61. The highest BCUT2D eigenvalue weighted by Gasteiger charge is 2.17. The Morgan fingerprint density at radius 1 is 0.958 bits per heavy atom.